The number of nitrogens with zero attached hydrogens (tertiary/aromatic N) is 1. The number of halogens is 1. The molecule has 1 heterocycles. The number of nitrogens with one attached hydrogen (secondary N) is 2. The average Bonchev–Trinajstić information content (AvgIpc) is 3.10. The van der Waals surface area contributed by atoms with Gasteiger partial charge in [-0.15, -0.1) is 0 Å². The van der Waals surface area contributed by atoms with E-state index in [1.54, 1.807) is 12.1 Å². The number of benzene rings is 2. The van der Waals surface area contributed by atoms with Crippen LogP contribution in [0, 0.1) is 11.2 Å². The second-order valence-corrected chi connectivity index (χ2v) is 9.52. The summed E-state index contributed by atoms with van der Waals surface area (Å²) in [5.41, 5.74) is 2.69. The van der Waals surface area contributed by atoms with E-state index in [1.165, 1.54) is 19.1 Å². The first-order valence-electron chi connectivity index (χ1n) is 11.4. The lowest BCUT2D eigenvalue weighted by Gasteiger charge is -2.25. The number of carboxylic acid groups (broad SMARTS) is 1. The smallest absolute Gasteiger partial charge is 0.303 e. The van der Waals surface area contributed by atoms with Crippen LogP contribution in [0.5, 0.6) is 11.5 Å². The number of carbonyl (C=O) groups excluding carboxylic acids is 1. The van der Waals surface area contributed by atoms with Crippen LogP contribution in [-0.4, -0.2) is 54.9 Å². The van der Waals surface area contributed by atoms with Crippen molar-refractivity contribution in [2.24, 2.45) is 0 Å². The maximum absolute atomic E-state index is 15.0. The Hall–Kier alpha value is -3.62. The molecule has 9 heteroatoms. The van der Waals surface area contributed by atoms with Gasteiger partial charge >= 0.3 is 5.97 Å². The van der Waals surface area contributed by atoms with Crippen LogP contribution in [0.1, 0.15) is 60.7 Å². The summed E-state index contributed by atoms with van der Waals surface area (Å²) in [5.74, 6) is -1.59. The summed E-state index contributed by atoms with van der Waals surface area (Å²) in [6, 6.07) is 7.02. The van der Waals surface area contributed by atoms with Crippen molar-refractivity contribution in [2.75, 3.05) is 32.6 Å². The van der Waals surface area contributed by atoms with E-state index in [0.717, 1.165) is 11.3 Å². The Morgan fingerprint density at radius 3 is 2.51 bits per heavy atom. The zero-order valence-corrected chi connectivity index (χ0v) is 20.8. The third-order valence-electron chi connectivity index (χ3n) is 5.97. The molecule has 1 aliphatic rings. The van der Waals surface area contributed by atoms with Gasteiger partial charge < -0.3 is 24.8 Å². The summed E-state index contributed by atoms with van der Waals surface area (Å²) < 4.78 is 25.3. The molecule has 1 aliphatic heterocycles. The molecule has 0 amide bonds. The van der Waals surface area contributed by atoms with Crippen LogP contribution in [0.25, 0.3) is 0 Å². The van der Waals surface area contributed by atoms with Gasteiger partial charge in [0.1, 0.15) is 5.84 Å². The van der Waals surface area contributed by atoms with Gasteiger partial charge in [0.15, 0.2) is 23.1 Å². The summed E-state index contributed by atoms with van der Waals surface area (Å²) in [6.07, 6.45) is 0.570. The molecule has 3 N–H and O–H groups in total. The SMILES string of the molecule is COc1cc2c(c(F)c1OC)C(=N)N(CC(=O)c1ccc(NCCCC(=O)O)c(C(C)(C)C)c1)C2. The van der Waals surface area contributed by atoms with Crippen molar-refractivity contribution in [3.8, 4) is 11.5 Å². The number of carbonyl (C=O) groups is 2. The van der Waals surface area contributed by atoms with Crippen LogP contribution < -0.4 is 14.8 Å². The van der Waals surface area contributed by atoms with E-state index in [4.69, 9.17) is 20.0 Å². The predicted octanol–water partition coefficient (Wildman–Crippen LogP) is 4.44. The highest BCUT2D eigenvalue weighted by atomic mass is 19.1. The van der Waals surface area contributed by atoms with Gasteiger partial charge in [0.05, 0.1) is 26.3 Å². The highest BCUT2D eigenvalue weighted by Gasteiger charge is 2.33. The van der Waals surface area contributed by atoms with Gasteiger partial charge in [-0.25, -0.2) is 4.39 Å². The molecule has 0 radical (unpaired) electrons. The third kappa shape index (κ3) is 5.55. The molecule has 3 rings (SSSR count). The molecule has 2 aromatic rings. The Labute approximate surface area is 204 Å². The topological polar surface area (TPSA) is 112 Å². The Bertz CT molecular complexity index is 1160. The monoisotopic (exact) mass is 485 g/mol. The van der Waals surface area contributed by atoms with Crippen molar-refractivity contribution in [1.82, 2.24) is 4.90 Å². The van der Waals surface area contributed by atoms with Crippen LogP contribution in [-0.2, 0) is 16.8 Å². The Morgan fingerprint density at radius 1 is 1.20 bits per heavy atom. The van der Waals surface area contributed by atoms with Crippen molar-refractivity contribution in [3.05, 3.63) is 52.3 Å². The van der Waals surface area contributed by atoms with Crippen molar-refractivity contribution in [3.63, 3.8) is 0 Å². The molecule has 0 aromatic heterocycles. The largest absolute Gasteiger partial charge is 0.493 e. The number of fused-ring (bicyclic) bond motifs is 1. The second-order valence-electron chi connectivity index (χ2n) is 9.52. The maximum Gasteiger partial charge on any atom is 0.303 e. The fourth-order valence-electron chi connectivity index (χ4n) is 4.18. The Balaban J connectivity index is 1.80. The number of Topliss-reactive ketones (excluding diaryl/α,β-unsaturated/α-hetero) is 1. The minimum Gasteiger partial charge on any atom is -0.493 e. The van der Waals surface area contributed by atoms with E-state index in [0.29, 0.717) is 24.1 Å². The maximum atomic E-state index is 15.0. The molecule has 0 atom stereocenters. The number of ether oxygens (including phenoxy) is 2. The molecule has 0 fully saturated rings. The normalized spacial score (nSPS) is 13.0. The number of ketones is 1. The molecule has 0 unspecified atom stereocenters. The van der Waals surface area contributed by atoms with E-state index in [2.05, 4.69) is 5.32 Å². The fraction of sp³-hybridized carbons (Fsp3) is 0.423. The van der Waals surface area contributed by atoms with Crippen LogP contribution >= 0.6 is 0 Å². The summed E-state index contributed by atoms with van der Waals surface area (Å²) in [4.78, 5) is 25.5. The van der Waals surface area contributed by atoms with Gasteiger partial charge in [-0.3, -0.25) is 15.0 Å². The first kappa shape index (κ1) is 26.0. The van der Waals surface area contributed by atoms with Crippen molar-refractivity contribution >= 4 is 23.3 Å². The molecule has 0 saturated carbocycles. The summed E-state index contributed by atoms with van der Waals surface area (Å²) in [6.45, 7) is 6.75. The lowest BCUT2D eigenvalue weighted by molar-refractivity contribution is -0.137. The van der Waals surface area contributed by atoms with E-state index in [9.17, 15) is 9.59 Å². The quantitative estimate of drug-likeness (QED) is 0.337. The highest BCUT2D eigenvalue weighted by Crippen LogP contribution is 2.38. The number of methoxy groups -OCH3 is 2. The Morgan fingerprint density at radius 2 is 1.91 bits per heavy atom. The first-order chi connectivity index (χ1) is 16.5. The molecule has 0 spiro atoms. The summed E-state index contributed by atoms with van der Waals surface area (Å²) in [7, 11) is 2.76. The zero-order chi connectivity index (χ0) is 25.9. The van der Waals surface area contributed by atoms with Gasteiger partial charge in [0, 0.05) is 30.8 Å². The number of amidine groups is 1. The number of hydrogen-bond donors (Lipinski definition) is 3. The van der Waals surface area contributed by atoms with E-state index in [-0.39, 0.29) is 53.6 Å². The van der Waals surface area contributed by atoms with E-state index < -0.39 is 11.8 Å². The molecular formula is C26H32FN3O5. The molecule has 0 aliphatic carbocycles. The lowest BCUT2D eigenvalue weighted by atomic mass is 9.84. The van der Waals surface area contributed by atoms with Crippen LogP contribution in [0.4, 0.5) is 10.1 Å². The van der Waals surface area contributed by atoms with Gasteiger partial charge in [-0.1, -0.05) is 20.8 Å². The van der Waals surface area contributed by atoms with Gasteiger partial charge in [0.25, 0.3) is 0 Å². The molecule has 0 saturated heterocycles. The van der Waals surface area contributed by atoms with Crippen molar-refractivity contribution in [1.29, 1.82) is 5.41 Å². The fourth-order valence-corrected chi connectivity index (χ4v) is 4.18. The first-order valence-corrected chi connectivity index (χ1v) is 11.4. The number of anilines is 1. The minimum absolute atomic E-state index is 0.0644. The molecular weight excluding hydrogens is 453 g/mol. The average molecular weight is 486 g/mol. The van der Waals surface area contributed by atoms with E-state index >= 15 is 4.39 Å². The number of rotatable bonds is 10. The summed E-state index contributed by atoms with van der Waals surface area (Å²) >= 11 is 0. The molecule has 8 nitrogen and oxygen atoms in total. The van der Waals surface area contributed by atoms with Gasteiger partial charge in [-0.2, -0.15) is 0 Å². The molecule has 0 bridgehead atoms. The van der Waals surface area contributed by atoms with Crippen LogP contribution in [0.15, 0.2) is 24.3 Å². The minimum atomic E-state index is -0.838. The molecule has 188 valence electrons. The van der Waals surface area contributed by atoms with Crippen molar-refractivity contribution < 1.29 is 28.6 Å². The van der Waals surface area contributed by atoms with E-state index in [1.807, 2.05) is 32.9 Å². The highest BCUT2D eigenvalue weighted by molar-refractivity contribution is 6.06. The number of aliphatic carboxylic acids is 1. The summed E-state index contributed by atoms with van der Waals surface area (Å²) in [5, 5.41) is 20.6. The van der Waals surface area contributed by atoms with Crippen molar-refractivity contribution in [2.45, 2.75) is 45.6 Å². The standard InChI is InChI=1S/C26H32FN3O5/c1-26(2,3)17-11-15(8-9-18(17)29-10-6-7-21(32)33)19(31)14-30-13-16-12-20(34-4)24(35-5)23(27)22(16)25(30)28/h8-9,11-12,28-29H,6-7,10,13-14H2,1-5H3,(H,32,33). The Kier molecular flexibility index (Phi) is 7.67. The number of carboxylic acids is 1. The second kappa shape index (κ2) is 10.3. The molecule has 35 heavy (non-hydrogen) atoms. The predicted molar refractivity (Wildman–Crippen MR) is 132 cm³/mol. The molecule has 2 aromatic carbocycles. The zero-order valence-electron chi connectivity index (χ0n) is 20.8. The van der Waals surface area contributed by atoms with Crippen LogP contribution in [0.3, 0.4) is 0 Å². The van der Waals surface area contributed by atoms with Crippen LogP contribution in [0.2, 0.25) is 0 Å². The van der Waals surface area contributed by atoms with Gasteiger partial charge in [-0.05, 0) is 47.2 Å². The lowest BCUT2D eigenvalue weighted by Crippen LogP contribution is -2.30. The third-order valence-corrected chi connectivity index (χ3v) is 5.97. The van der Waals surface area contributed by atoms with Gasteiger partial charge in [0.2, 0.25) is 0 Å². The number of hydrogen-bond acceptors (Lipinski definition) is 6.